The minimum atomic E-state index is -0.201. The van der Waals surface area contributed by atoms with Crippen molar-refractivity contribution >= 4 is 17.7 Å². The van der Waals surface area contributed by atoms with Crippen LogP contribution >= 0.6 is 11.8 Å². The molecule has 0 atom stereocenters. The van der Waals surface area contributed by atoms with Crippen molar-refractivity contribution in [3.8, 4) is 17.0 Å². The number of carbonyl (C=O) groups excluding carboxylic acids is 1. The van der Waals surface area contributed by atoms with E-state index in [0.29, 0.717) is 28.8 Å². The summed E-state index contributed by atoms with van der Waals surface area (Å²) in [7, 11) is 1.61. The van der Waals surface area contributed by atoms with E-state index < -0.39 is 0 Å². The molecule has 0 spiro atoms. The number of aromatic amines is 2. The maximum Gasteiger partial charge on any atom is 0.269 e. The first kappa shape index (κ1) is 17.0. The van der Waals surface area contributed by atoms with Crippen molar-refractivity contribution in [3.63, 3.8) is 0 Å². The van der Waals surface area contributed by atoms with Crippen LogP contribution in [-0.2, 0) is 0 Å². The summed E-state index contributed by atoms with van der Waals surface area (Å²) in [5.74, 6) is 1.99. The Kier molecular flexibility index (Phi) is 5.34. The van der Waals surface area contributed by atoms with Crippen LogP contribution in [0.1, 0.15) is 16.3 Å². The summed E-state index contributed by atoms with van der Waals surface area (Å²) in [5, 5.41) is 17.3. The third-order valence-corrected chi connectivity index (χ3v) is 4.23. The molecule has 0 aliphatic carbocycles. The van der Waals surface area contributed by atoms with Gasteiger partial charge in [0.15, 0.2) is 0 Å². The minimum absolute atomic E-state index is 0.201. The van der Waals surface area contributed by atoms with Gasteiger partial charge in [-0.2, -0.15) is 5.10 Å². The molecule has 130 valence electrons. The van der Waals surface area contributed by atoms with Crippen molar-refractivity contribution in [2.75, 3.05) is 19.4 Å². The molecular formula is C16H18N6O2S. The molecule has 3 aromatic rings. The summed E-state index contributed by atoms with van der Waals surface area (Å²) in [6.45, 7) is 2.35. The van der Waals surface area contributed by atoms with Crippen LogP contribution < -0.4 is 10.1 Å². The lowest BCUT2D eigenvalue weighted by Crippen LogP contribution is -2.26. The predicted octanol–water partition coefficient (Wildman–Crippen LogP) is 2.03. The van der Waals surface area contributed by atoms with E-state index in [9.17, 15) is 4.79 Å². The van der Waals surface area contributed by atoms with Gasteiger partial charge in [-0.15, -0.1) is 5.10 Å². The van der Waals surface area contributed by atoms with Crippen LogP contribution in [0.5, 0.6) is 5.75 Å². The van der Waals surface area contributed by atoms with E-state index in [1.54, 1.807) is 13.2 Å². The van der Waals surface area contributed by atoms with Gasteiger partial charge in [-0.25, -0.2) is 4.98 Å². The lowest BCUT2D eigenvalue weighted by atomic mass is 10.1. The van der Waals surface area contributed by atoms with Crippen molar-refractivity contribution in [1.29, 1.82) is 0 Å². The van der Waals surface area contributed by atoms with Crippen LogP contribution in [0.3, 0.4) is 0 Å². The van der Waals surface area contributed by atoms with E-state index in [4.69, 9.17) is 4.74 Å². The molecule has 0 aliphatic heterocycles. The Morgan fingerprint density at radius 1 is 1.28 bits per heavy atom. The van der Waals surface area contributed by atoms with Crippen LogP contribution in [0.2, 0.25) is 0 Å². The fourth-order valence-electron chi connectivity index (χ4n) is 2.16. The number of amides is 1. The zero-order valence-electron chi connectivity index (χ0n) is 13.9. The average molecular weight is 358 g/mol. The number of thioether (sulfide) groups is 1. The summed E-state index contributed by atoms with van der Waals surface area (Å²) in [6, 6.07) is 9.24. The minimum Gasteiger partial charge on any atom is -0.497 e. The molecule has 9 heteroatoms. The molecule has 0 unspecified atom stereocenters. The summed E-state index contributed by atoms with van der Waals surface area (Å²) in [5.41, 5.74) is 1.98. The van der Waals surface area contributed by atoms with Crippen molar-refractivity contribution in [1.82, 2.24) is 30.7 Å². The van der Waals surface area contributed by atoms with Crippen LogP contribution in [0, 0.1) is 6.92 Å². The SMILES string of the molecule is COc1cccc(-c2cc(C(=O)NCCSc3n[nH]c(C)n3)[nH]n2)c1. The lowest BCUT2D eigenvalue weighted by molar-refractivity contribution is 0.0951. The maximum absolute atomic E-state index is 12.2. The largest absolute Gasteiger partial charge is 0.497 e. The highest BCUT2D eigenvalue weighted by Gasteiger charge is 2.11. The van der Waals surface area contributed by atoms with Gasteiger partial charge in [0.25, 0.3) is 5.91 Å². The van der Waals surface area contributed by atoms with Gasteiger partial charge in [0.2, 0.25) is 5.16 Å². The number of aromatic nitrogens is 5. The topological polar surface area (TPSA) is 109 Å². The van der Waals surface area contributed by atoms with Gasteiger partial charge in [-0.3, -0.25) is 15.0 Å². The molecule has 1 aromatic carbocycles. The number of rotatable bonds is 7. The van der Waals surface area contributed by atoms with Crippen LogP contribution in [0.25, 0.3) is 11.3 Å². The monoisotopic (exact) mass is 358 g/mol. The lowest BCUT2D eigenvalue weighted by Gasteiger charge is -2.02. The molecule has 0 radical (unpaired) electrons. The average Bonchev–Trinajstić information content (AvgIpc) is 3.28. The number of nitrogens with zero attached hydrogens (tertiary/aromatic N) is 3. The van der Waals surface area contributed by atoms with Crippen molar-refractivity contribution < 1.29 is 9.53 Å². The molecule has 25 heavy (non-hydrogen) atoms. The highest BCUT2D eigenvalue weighted by molar-refractivity contribution is 7.99. The number of hydrogen-bond acceptors (Lipinski definition) is 6. The van der Waals surface area contributed by atoms with Crippen molar-refractivity contribution in [3.05, 3.63) is 41.9 Å². The first-order valence-corrected chi connectivity index (χ1v) is 8.64. The van der Waals surface area contributed by atoms with E-state index >= 15 is 0 Å². The zero-order valence-corrected chi connectivity index (χ0v) is 14.7. The molecule has 3 rings (SSSR count). The smallest absolute Gasteiger partial charge is 0.269 e. The van der Waals surface area contributed by atoms with Gasteiger partial charge in [0, 0.05) is 17.9 Å². The molecule has 0 fully saturated rings. The van der Waals surface area contributed by atoms with Gasteiger partial charge in [0.05, 0.1) is 12.8 Å². The molecular weight excluding hydrogens is 340 g/mol. The highest BCUT2D eigenvalue weighted by Crippen LogP contribution is 2.22. The van der Waals surface area contributed by atoms with Crippen molar-refractivity contribution in [2.24, 2.45) is 0 Å². The number of ether oxygens (including phenoxy) is 1. The van der Waals surface area contributed by atoms with Gasteiger partial charge < -0.3 is 10.1 Å². The molecule has 0 aliphatic rings. The number of nitrogens with one attached hydrogen (secondary N) is 3. The predicted molar refractivity (Wildman–Crippen MR) is 94.8 cm³/mol. The number of carbonyl (C=O) groups is 1. The molecule has 2 aromatic heterocycles. The van der Waals surface area contributed by atoms with E-state index in [2.05, 4.69) is 30.7 Å². The van der Waals surface area contributed by atoms with E-state index in [-0.39, 0.29) is 5.91 Å². The molecule has 2 heterocycles. The molecule has 3 N–H and O–H groups in total. The second-order valence-electron chi connectivity index (χ2n) is 5.21. The van der Waals surface area contributed by atoms with Gasteiger partial charge >= 0.3 is 0 Å². The standard InChI is InChI=1S/C16H18N6O2S/c1-10-18-16(22-19-10)25-7-6-17-15(23)14-9-13(20-21-14)11-4-3-5-12(8-11)24-2/h3-5,8-9H,6-7H2,1-2H3,(H,17,23)(H,20,21)(H,18,19,22). The maximum atomic E-state index is 12.2. The third-order valence-electron chi connectivity index (χ3n) is 3.38. The third kappa shape index (κ3) is 4.38. The molecule has 0 saturated carbocycles. The molecule has 0 saturated heterocycles. The van der Waals surface area contributed by atoms with E-state index in [0.717, 1.165) is 17.1 Å². The molecule has 1 amide bonds. The first-order chi connectivity index (χ1) is 12.2. The summed E-state index contributed by atoms with van der Waals surface area (Å²) in [6.07, 6.45) is 0. The first-order valence-electron chi connectivity index (χ1n) is 7.65. The second-order valence-corrected chi connectivity index (χ2v) is 6.27. The van der Waals surface area contributed by atoms with Gasteiger partial charge in [-0.1, -0.05) is 23.9 Å². The molecule has 0 bridgehead atoms. The Hall–Kier alpha value is -2.81. The Bertz CT molecular complexity index is 860. The Labute approximate surface area is 148 Å². The number of H-pyrrole nitrogens is 2. The van der Waals surface area contributed by atoms with Crippen molar-refractivity contribution in [2.45, 2.75) is 12.1 Å². The second kappa shape index (κ2) is 7.84. The number of benzene rings is 1. The van der Waals surface area contributed by atoms with Crippen LogP contribution in [0.4, 0.5) is 0 Å². The summed E-state index contributed by atoms with van der Waals surface area (Å²) < 4.78 is 5.20. The van der Waals surface area contributed by atoms with Gasteiger partial charge in [0.1, 0.15) is 17.3 Å². The fraction of sp³-hybridized carbons (Fsp3) is 0.250. The number of methoxy groups -OCH3 is 1. The Morgan fingerprint density at radius 2 is 2.16 bits per heavy atom. The van der Waals surface area contributed by atoms with Gasteiger partial charge in [-0.05, 0) is 25.1 Å². The van der Waals surface area contributed by atoms with E-state index in [1.807, 2.05) is 31.2 Å². The normalized spacial score (nSPS) is 10.6. The number of aryl methyl sites for hydroxylation is 1. The Morgan fingerprint density at radius 3 is 2.92 bits per heavy atom. The van der Waals surface area contributed by atoms with E-state index in [1.165, 1.54) is 11.8 Å². The summed E-state index contributed by atoms with van der Waals surface area (Å²) in [4.78, 5) is 16.4. The fourth-order valence-corrected chi connectivity index (χ4v) is 2.86. The van der Waals surface area contributed by atoms with Crippen LogP contribution in [0.15, 0.2) is 35.5 Å². The van der Waals surface area contributed by atoms with Crippen LogP contribution in [-0.4, -0.2) is 50.7 Å². The highest BCUT2D eigenvalue weighted by atomic mass is 32.2. The molecule has 8 nitrogen and oxygen atoms in total. The zero-order chi connectivity index (χ0) is 17.6. The summed E-state index contributed by atoms with van der Waals surface area (Å²) >= 11 is 1.48. The quantitative estimate of drug-likeness (QED) is 0.440. The Balaban J connectivity index is 1.53. The number of hydrogen-bond donors (Lipinski definition) is 3.